The largest absolute Gasteiger partial charge is 0.291 e. The Morgan fingerprint density at radius 1 is 1.05 bits per heavy atom. The summed E-state index contributed by atoms with van der Waals surface area (Å²) in [6.45, 7) is 3.61. The van der Waals surface area contributed by atoms with Crippen LogP contribution in [0.25, 0.3) is 0 Å². The van der Waals surface area contributed by atoms with E-state index >= 15 is 0 Å². The Labute approximate surface area is 126 Å². The van der Waals surface area contributed by atoms with Crippen molar-refractivity contribution in [3.05, 3.63) is 70.2 Å². The van der Waals surface area contributed by atoms with E-state index in [-0.39, 0.29) is 0 Å². The molecule has 0 saturated heterocycles. The topological polar surface area (TPSA) is 3.24 Å². The summed E-state index contributed by atoms with van der Waals surface area (Å²) in [7, 11) is 2.05. The zero-order valence-corrected chi connectivity index (χ0v) is 12.6. The number of benzene rings is 2. The van der Waals surface area contributed by atoms with Gasteiger partial charge in [0, 0.05) is 17.1 Å². The van der Waals surface area contributed by atoms with Gasteiger partial charge in [-0.3, -0.25) is 4.90 Å². The first-order valence-corrected chi connectivity index (χ1v) is 7.00. The van der Waals surface area contributed by atoms with Gasteiger partial charge in [-0.25, -0.2) is 0 Å². The molecular weight excluding hydrogens is 266 g/mol. The van der Waals surface area contributed by atoms with Gasteiger partial charge < -0.3 is 0 Å². The van der Waals surface area contributed by atoms with Crippen molar-refractivity contribution in [2.75, 3.05) is 13.6 Å². The molecule has 0 atom stereocenters. The molecule has 0 aliphatic carbocycles. The van der Waals surface area contributed by atoms with Gasteiger partial charge in [-0.1, -0.05) is 59.3 Å². The molecule has 2 aromatic carbocycles. The highest BCUT2D eigenvalue weighted by atomic mass is 35.5. The van der Waals surface area contributed by atoms with Crippen molar-refractivity contribution in [2.45, 2.75) is 13.5 Å². The lowest BCUT2D eigenvalue weighted by Crippen LogP contribution is -2.18. The number of hydrogen-bond acceptors (Lipinski definition) is 1. The fraction of sp³-hybridized carbons (Fsp3) is 0.222. The zero-order valence-electron chi connectivity index (χ0n) is 11.9. The van der Waals surface area contributed by atoms with Crippen LogP contribution in [0.5, 0.6) is 0 Å². The van der Waals surface area contributed by atoms with Crippen LogP contribution in [0.3, 0.4) is 0 Å². The number of halogens is 1. The standard InChI is InChI=1S/C18H18ClN/c1-15-9-11-16(12-10-15)6-5-13-20(2)14-17-7-3-4-8-18(17)19/h3-4,7-12H,13-14H2,1-2H3. The highest BCUT2D eigenvalue weighted by Gasteiger charge is 2.02. The summed E-state index contributed by atoms with van der Waals surface area (Å²) in [6.07, 6.45) is 0. The summed E-state index contributed by atoms with van der Waals surface area (Å²) < 4.78 is 0. The van der Waals surface area contributed by atoms with Gasteiger partial charge in [-0.2, -0.15) is 0 Å². The van der Waals surface area contributed by atoms with E-state index in [9.17, 15) is 0 Å². The Hall–Kier alpha value is -1.75. The van der Waals surface area contributed by atoms with Crippen molar-refractivity contribution in [1.82, 2.24) is 4.90 Å². The van der Waals surface area contributed by atoms with Crippen molar-refractivity contribution in [3.63, 3.8) is 0 Å². The highest BCUT2D eigenvalue weighted by molar-refractivity contribution is 6.31. The van der Waals surface area contributed by atoms with E-state index in [2.05, 4.69) is 47.9 Å². The first-order chi connectivity index (χ1) is 9.65. The summed E-state index contributed by atoms with van der Waals surface area (Å²) in [4.78, 5) is 2.16. The Morgan fingerprint density at radius 3 is 2.45 bits per heavy atom. The van der Waals surface area contributed by atoms with Crippen molar-refractivity contribution in [2.24, 2.45) is 0 Å². The summed E-state index contributed by atoms with van der Waals surface area (Å²) in [5, 5.41) is 0.811. The quantitative estimate of drug-likeness (QED) is 0.766. The molecular formula is C18H18ClN. The monoisotopic (exact) mass is 283 g/mol. The molecule has 0 aliphatic rings. The molecule has 0 unspecified atom stereocenters. The fourth-order valence-electron chi connectivity index (χ4n) is 1.89. The lowest BCUT2D eigenvalue weighted by atomic mass is 10.1. The number of aryl methyl sites for hydroxylation is 1. The molecule has 2 aromatic rings. The maximum atomic E-state index is 6.15. The SMILES string of the molecule is Cc1ccc(C#CCN(C)Cc2ccccc2Cl)cc1. The van der Waals surface area contributed by atoms with E-state index in [1.165, 1.54) is 5.56 Å². The maximum absolute atomic E-state index is 6.15. The molecule has 0 radical (unpaired) electrons. The molecule has 0 saturated carbocycles. The van der Waals surface area contributed by atoms with Crippen LogP contribution >= 0.6 is 11.6 Å². The average molecular weight is 284 g/mol. The van der Waals surface area contributed by atoms with Crippen LogP contribution in [0.4, 0.5) is 0 Å². The van der Waals surface area contributed by atoms with Gasteiger partial charge in [0.25, 0.3) is 0 Å². The summed E-state index contributed by atoms with van der Waals surface area (Å²) in [6, 6.07) is 16.2. The van der Waals surface area contributed by atoms with E-state index in [1.54, 1.807) is 0 Å². The van der Waals surface area contributed by atoms with Crippen LogP contribution in [0.2, 0.25) is 5.02 Å². The lowest BCUT2D eigenvalue weighted by molar-refractivity contribution is 0.369. The van der Waals surface area contributed by atoms with Crippen molar-refractivity contribution in [3.8, 4) is 11.8 Å². The molecule has 0 amide bonds. The molecule has 20 heavy (non-hydrogen) atoms. The van der Waals surface area contributed by atoms with E-state index < -0.39 is 0 Å². The number of rotatable bonds is 3. The molecule has 2 heteroatoms. The molecule has 102 valence electrons. The van der Waals surface area contributed by atoms with Crippen LogP contribution < -0.4 is 0 Å². The Balaban J connectivity index is 1.91. The van der Waals surface area contributed by atoms with Crippen LogP contribution in [0, 0.1) is 18.8 Å². The maximum Gasteiger partial charge on any atom is 0.0605 e. The molecule has 0 N–H and O–H groups in total. The van der Waals surface area contributed by atoms with E-state index in [4.69, 9.17) is 11.6 Å². The average Bonchev–Trinajstić information content (AvgIpc) is 2.44. The van der Waals surface area contributed by atoms with Gasteiger partial charge in [0.2, 0.25) is 0 Å². The minimum Gasteiger partial charge on any atom is -0.291 e. The second-order valence-corrected chi connectivity index (χ2v) is 5.34. The predicted molar refractivity (Wildman–Crippen MR) is 85.8 cm³/mol. The normalized spacial score (nSPS) is 10.2. The van der Waals surface area contributed by atoms with Crippen molar-refractivity contribution in [1.29, 1.82) is 0 Å². The third-order valence-electron chi connectivity index (χ3n) is 3.03. The van der Waals surface area contributed by atoms with Gasteiger partial charge >= 0.3 is 0 Å². The molecule has 0 aromatic heterocycles. The van der Waals surface area contributed by atoms with E-state index in [1.807, 2.05) is 31.3 Å². The molecule has 0 spiro atoms. The first kappa shape index (κ1) is 14.7. The van der Waals surface area contributed by atoms with Crippen LogP contribution in [-0.4, -0.2) is 18.5 Å². The summed E-state index contributed by atoms with van der Waals surface area (Å²) in [5.74, 6) is 6.37. The third kappa shape index (κ3) is 4.42. The highest BCUT2D eigenvalue weighted by Crippen LogP contribution is 2.16. The van der Waals surface area contributed by atoms with E-state index in [0.29, 0.717) is 0 Å². The molecule has 2 rings (SSSR count). The Kier molecular flexibility index (Phi) is 5.24. The molecule has 0 bridgehead atoms. The van der Waals surface area contributed by atoms with Crippen LogP contribution in [-0.2, 0) is 6.54 Å². The van der Waals surface area contributed by atoms with Crippen LogP contribution in [0.1, 0.15) is 16.7 Å². The zero-order chi connectivity index (χ0) is 14.4. The Bertz CT molecular complexity index is 620. The van der Waals surface area contributed by atoms with Crippen LogP contribution in [0.15, 0.2) is 48.5 Å². The predicted octanol–water partition coefficient (Wildman–Crippen LogP) is 4.13. The Morgan fingerprint density at radius 2 is 1.75 bits per heavy atom. The minimum atomic E-state index is 0.721. The second kappa shape index (κ2) is 7.14. The number of nitrogens with zero attached hydrogens (tertiary/aromatic N) is 1. The van der Waals surface area contributed by atoms with Gasteiger partial charge in [-0.15, -0.1) is 0 Å². The van der Waals surface area contributed by atoms with Gasteiger partial charge in [0.05, 0.1) is 6.54 Å². The third-order valence-corrected chi connectivity index (χ3v) is 3.40. The molecule has 0 aliphatic heterocycles. The first-order valence-electron chi connectivity index (χ1n) is 6.62. The summed E-state index contributed by atoms with van der Waals surface area (Å²) >= 11 is 6.15. The number of hydrogen-bond donors (Lipinski definition) is 0. The lowest BCUT2D eigenvalue weighted by Gasteiger charge is -2.14. The smallest absolute Gasteiger partial charge is 0.0605 e. The fourth-order valence-corrected chi connectivity index (χ4v) is 2.08. The molecule has 0 heterocycles. The second-order valence-electron chi connectivity index (χ2n) is 4.93. The summed E-state index contributed by atoms with van der Waals surface area (Å²) in [5.41, 5.74) is 3.45. The molecule has 0 fully saturated rings. The van der Waals surface area contributed by atoms with Gasteiger partial charge in [0.1, 0.15) is 0 Å². The molecule has 1 nitrogen and oxygen atoms in total. The van der Waals surface area contributed by atoms with Crippen molar-refractivity contribution >= 4 is 11.6 Å². The van der Waals surface area contributed by atoms with Gasteiger partial charge in [0.15, 0.2) is 0 Å². The minimum absolute atomic E-state index is 0.721. The van der Waals surface area contributed by atoms with Gasteiger partial charge in [-0.05, 0) is 37.7 Å². The van der Waals surface area contributed by atoms with Crippen molar-refractivity contribution < 1.29 is 0 Å². The van der Waals surface area contributed by atoms with E-state index in [0.717, 1.165) is 29.2 Å².